The van der Waals surface area contributed by atoms with Gasteiger partial charge in [-0.1, -0.05) is 77.1 Å². The minimum atomic E-state index is -0.103. The van der Waals surface area contributed by atoms with Crippen LogP contribution in [0.15, 0.2) is 54.7 Å². The molecule has 0 saturated carbocycles. The number of methoxy groups -OCH3 is 1. The lowest BCUT2D eigenvalue weighted by Crippen LogP contribution is -2.42. The van der Waals surface area contributed by atoms with Crippen LogP contribution in [0.25, 0.3) is 10.9 Å². The van der Waals surface area contributed by atoms with Crippen LogP contribution in [0, 0.1) is 17.8 Å². The molecule has 166 valence electrons. The summed E-state index contributed by atoms with van der Waals surface area (Å²) >= 11 is 0. The van der Waals surface area contributed by atoms with Gasteiger partial charge in [0.15, 0.2) is 0 Å². The SMILES string of the molecule is CCc1ccc(C(OC)c2cn(C3O[C@H](CC)[C@@H](C)[C@H](C)[C@H]3C)c3ccccc23)cc1. The molecule has 0 radical (unpaired) electrons. The number of hydrogen-bond acceptors (Lipinski definition) is 2. The molecule has 1 aliphatic rings. The van der Waals surface area contributed by atoms with Crippen molar-refractivity contribution in [1.29, 1.82) is 0 Å². The number of hydrogen-bond donors (Lipinski definition) is 0. The molecule has 3 heteroatoms. The van der Waals surface area contributed by atoms with Crippen LogP contribution in [0.5, 0.6) is 0 Å². The Morgan fingerprint density at radius 2 is 1.65 bits per heavy atom. The molecule has 0 bridgehead atoms. The number of benzene rings is 2. The van der Waals surface area contributed by atoms with Crippen LogP contribution < -0.4 is 0 Å². The first-order valence-corrected chi connectivity index (χ1v) is 11.9. The fraction of sp³-hybridized carbons (Fsp3) is 0.500. The number of ether oxygens (including phenoxy) is 2. The minimum absolute atomic E-state index is 0.0368. The predicted molar refractivity (Wildman–Crippen MR) is 128 cm³/mol. The van der Waals surface area contributed by atoms with E-state index in [4.69, 9.17) is 9.47 Å². The van der Waals surface area contributed by atoms with Crippen LogP contribution in [-0.2, 0) is 15.9 Å². The molecule has 3 nitrogen and oxygen atoms in total. The lowest BCUT2D eigenvalue weighted by molar-refractivity contribution is -0.166. The van der Waals surface area contributed by atoms with E-state index >= 15 is 0 Å². The van der Waals surface area contributed by atoms with Crippen LogP contribution in [-0.4, -0.2) is 17.8 Å². The highest BCUT2D eigenvalue weighted by Gasteiger charge is 2.39. The largest absolute Gasteiger partial charge is 0.372 e. The van der Waals surface area contributed by atoms with Gasteiger partial charge in [-0.05, 0) is 41.9 Å². The Balaban J connectivity index is 1.80. The van der Waals surface area contributed by atoms with E-state index in [1.54, 1.807) is 7.11 Å². The third-order valence-electron chi connectivity index (χ3n) is 7.67. The van der Waals surface area contributed by atoms with Crippen LogP contribution in [0.1, 0.15) is 70.1 Å². The van der Waals surface area contributed by atoms with Crippen molar-refractivity contribution in [3.05, 3.63) is 71.4 Å². The molecular weight excluding hydrogens is 382 g/mol. The second-order valence-corrected chi connectivity index (χ2v) is 9.27. The molecule has 0 N–H and O–H groups in total. The van der Waals surface area contributed by atoms with E-state index in [-0.39, 0.29) is 12.3 Å². The van der Waals surface area contributed by atoms with Crippen molar-refractivity contribution in [2.24, 2.45) is 17.8 Å². The standard InChI is InChI=1S/C28H37NO2/c1-7-21-13-15-22(16-14-21)27(30-6)24-17-29(25-12-10-9-11-23(24)25)28-20(5)18(3)19(4)26(8-2)31-28/h9-20,26-28H,7-8H2,1-6H3/t18-,19-,20+,26+,27?,28?/m0/s1. The Morgan fingerprint density at radius 1 is 0.935 bits per heavy atom. The van der Waals surface area contributed by atoms with E-state index in [1.807, 2.05) is 0 Å². The summed E-state index contributed by atoms with van der Waals surface area (Å²) in [4.78, 5) is 0. The quantitative estimate of drug-likeness (QED) is 0.423. The number of aryl methyl sites for hydroxylation is 1. The topological polar surface area (TPSA) is 23.4 Å². The molecule has 0 aliphatic carbocycles. The van der Waals surface area contributed by atoms with Gasteiger partial charge in [0.2, 0.25) is 0 Å². The third kappa shape index (κ3) is 3.94. The molecule has 1 aromatic heterocycles. The molecule has 2 unspecified atom stereocenters. The zero-order valence-corrected chi connectivity index (χ0v) is 19.8. The highest BCUT2D eigenvalue weighted by atomic mass is 16.5. The number of aromatic nitrogens is 1. The summed E-state index contributed by atoms with van der Waals surface area (Å²) in [5, 5.41) is 1.24. The van der Waals surface area contributed by atoms with Crippen LogP contribution in [0.4, 0.5) is 0 Å². The summed E-state index contributed by atoms with van der Waals surface area (Å²) in [6.45, 7) is 11.5. The molecule has 4 rings (SSSR count). The van der Waals surface area contributed by atoms with E-state index in [0.29, 0.717) is 23.9 Å². The average molecular weight is 420 g/mol. The molecule has 6 atom stereocenters. The molecule has 2 heterocycles. The first-order valence-electron chi connectivity index (χ1n) is 11.9. The normalized spacial score (nSPS) is 27.5. The van der Waals surface area contributed by atoms with Crippen molar-refractivity contribution in [2.75, 3.05) is 7.11 Å². The highest BCUT2D eigenvalue weighted by molar-refractivity contribution is 5.85. The maximum Gasteiger partial charge on any atom is 0.137 e. The summed E-state index contributed by atoms with van der Waals surface area (Å²) in [6.07, 6.45) is 4.60. The monoisotopic (exact) mass is 419 g/mol. The summed E-state index contributed by atoms with van der Waals surface area (Å²) in [6, 6.07) is 17.5. The van der Waals surface area contributed by atoms with E-state index in [0.717, 1.165) is 12.8 Å². The van der Waals surface area contributed by atoms with Crippen LogP contribution in [0.2, 0.25) is 0 Å². The molecule has 1 aliphatic heterocycles. The molecule has 3 aromatic rings. The summed E-state index contributed by atoms with van der Waals surface area (Å²) < 4.78 is 15.1. The van der Waals surface area contributed by atoms with Gasteiger partial charge in [0.25, 0.3) is 0 Å². The number of nitrogens with zero attached hydrogens (tertiary/aromatic N) is 1. The average Bonchev–Trinajstić information content (AvgIpc) is 3.18. The van der Waals surface area contributed by atoms with Gasteiger partial charge >= 0.3 is 0 Å². The van der Waals surface area contributed by atoms with E-state index in [2.05, 4.69) is 93.9 Å². The molecule has 31 heavy (non-hydrogen) atoms. The zero-order valence-electron chi connectivity index (χ0n) is 19.8. The van der Waals surface area contributed by atoms with E-state index < -0.39 is 0 Å². The first kappa shape index (κ1) is 22.1. The summed E-state index contributed by atoms with van der Waals surface area (Å²) in [7, 11) is 1.81. The highest BCUT2D eigenvalue weighted by Crippen LogP contribution is 2.44. The first-order chi connectivity index (χ1) is 15.0. The van der Waals surface area contributed by atoms with Gasteiger partial charge in [-0.25, -0.2) is 0 Å². The number of fused-ring (bicyclic) bond motifs is 1. The van der Waals surface area contributed by atoms with Gasteiger partial charge < -0.3 is 14.0 Å². The number of para-hydroxylation sites is 1. The third-order valence-corrected chi connectivity index (χ3v) is 7.67. The smallest absolute Gasteiger partial charge is 0.137 e. The molecule has 2 aromatic carbocycles. The van der Waals surface area contributed by atoms with Crippen LogP contribution >= 0.6 is 0 Å². The molecule has 1 fully saturated rings. The van der Waals surface area contributed by atoms with Gasteiger partial charge in [0.1, 0.15) is 12.3 Å². The fourth-order valence-corrected chi connectivity index (χ4v) is 5.31. The Morgan fingerprint density at radius 3 is 2.29 bits per heavy atom. The Bertz CT molecular complexity index is 1000. The van der Waals surface area contributed by atoms with Gasteiger partial charge in [0.05, 0.1) is 11.6 Å². The van der Waals surface area contributed by atoms with E-state index in [1.165, 1.54) is 27.6 Å². The van der Waals surface area contributed by atoms with Crippen molar-refractivity contribution < 1.29 is 9.47 Å². The van der Waals surface area contributed by atoms with Gasteiger partial charge in [-0.3, -0.25) is 0 Å². The predicted octanol–water partition coefficient (Wildman–Crippen LogP) is 7.16. The molecule has 0 spiro atoms. The molecule has 1 saturated heterocycles. The van der Waals surface area contributed by atoms with E-state index in [9.17, 15) is 0 Å². The number of rotatable bonds is 6. The van der Waals surface area contributed by atoms with Crippen LogP contribution in [0.3, 0.4) is 0 Å². The second kappa shape index (κ2) is 9.18. The lowest BCUT2D eigenvalue weighted by Gasteiger charge is -2.44. The van der Waals surface area contributed by atoms with Crippen molar-refractivity contribution in [1.82, 2.24) is 4.57 Å². The molecular formula is C28H37NO2. The maximum absolute atomic E-state index is 6.71. The minimum Gasteiger partial charge on any atom is -0.372 e. The van der Waals surface area contributed by atoms with Crippen molar-refractivity contribution in [2.45, 2.75) is 65.9 Å². The fourth-order valence-electron chi connectivity index (χ4n) is 5.31. The van der Waals surface area contributed by atoms with Crippen molar-refractivity contribution in [3.63, 3.8) is 0 Å². The van der Waals surface area contributed by atoms with Gasteiger partial charge in [-0.15, -0.1) is 0 Å². The second-order valence-electron chi connectivity index (χ2n) is 9.27. The summed E-state index contributed by atoms with van der Waals surface area (Å²) in [5.41, 5.74) is 4.96. The Kier molecular flexibility index (Phi) is 6.55. The van der Waals surface area contributed by atoms with Gasteiger partial charge in [0, 0.05) is 30.2 Å². The lowest BCUT2D eigenvalue weighted by atomic mass is 9.77. The Labute approximate surface area is 187 Å². The Hall–Kier alpha value is -2.10. The summed E-state index contributed by atoms with van der Waals surface area (Å²) in [5.74, 6) is 1.61. The van der Waals surface area contributed by atoms with Crippen molar-refractivity contribution in [3.8, 4) is 0 Å². The van der Waals surface area contributed by atoms with Gasteiger partial charge in [-0.2, -0.15) is 0 Å². The maximum atomic E-state index is 6.71. The van der Waals surface area contributed by atoms with Crippen molar-refractivity contribution >= 4 is 10.9 Å². The zero-order chi connectivity index (χ0) is 22.1. The molecule has 0 amide bonds.